The predicted molar refractivity (Wildman–Crippen MR) is 104 cm³/mol. The van der Waals surface area contributed by atoms with Gasteiger partial charge in [0, 0.05) is 0 Å². The number of aryl methyl sites for hydroxylation is 1. The van der Waals surface area contributed by atoms with Crippen LogP contribution in [0.1, 0.15) is 106 Å². The van der Waals surface area contributed by atoms with Crippen LogP contribution in [0.15, 0.2) is 18.2 Å². The fraction of sp³-hybridized carbons (Fsp3) is 0.682. The maximum Gasteiger partial charge on any atom is 0.336 e. The van der Waals surface area contributed by atoms with E-state index in [1.54, 1.807) is 12.1 Å². The van der Waals surface area contributed by atoms with Crippen LogP contribution in [0.5, 0.6) is 5.75 Å². The highest BCUT2D eigenvalue weighted by Crippen LogP contribution is 2.19. The van der Waals surface area contributed by atoms with E-state index >= 15 is 0 Å². The topological polar surface area (TPSA) is 57.5 Å². The molecule has 0 aromatic heterocycles. The molecule has 0 heterocycles. The van der Waals surface area contributed by atoms with Crippen molar-refractivity contribution in [1.29, 1.82) is 0 Å². The molecule has 0 aliphatic carbocycles. The number of benzene rings is 1. The summed E-state index contributed by atoms with van der Waals surface area (Å²) in [5.74, 6) is -0.938. The molecule has 0 unspecified atom stereocenters. The summed E-state index contributed by atoms with van der Waals surface area (Å²) in [7, 11) is 0. The van der Waals surface area contributed by atoms with Crippen LogP contribution in [0.25, 0.3) is 0 Å². The first kappa shape index (κ1) is 21.5. The Morgan fingerprint density at radius 3 is 1.76 bits per heavy atom. The minimum Gasteiger partial charge on any atom is -0.508 e. The molecule has 0 fully saturated rings. The van der Waals surface area contributed by atoms with E-state index in [0.29, 0.717) is 0 Å². The van der Waals surface area contributed by atoms with E-state index < -0.39 is 5.97 Å². The monoisotopic (exact) mass is 348 g/mol. The van der Waals surface area contributed by atoms with E-state index in [9.17, 15) is 15.0 Å². The summed E-state index contributed by atoms with van der Waals surface area (Å²) in [6, 6.07) is 4.66. The SMILES string of the molecule is CCCCCCCCCCCCCCCc1ccc(O)cc1C(=O)O. The molecular weight excluding hydrogens is 312 g/mol. The molecule has 0 spiro atoms. The number of phenols is 1. The van der Waals surface area contributed by atoms with Crippen LogP contribution in [0, 0.1) is 0 Å². The lowest BCUT2D eigenvalue weighted by Gasteiger charge is -2.07. The van der Waals surface area contributed by atoms with Crippen LogP contribution >= 0.6 is 0 Å². The van der Waals surface area contributed by atoms with Crippen molar-refractivity contribution >= 4 is 5.97 Å². The molecule has 0 saturated carbocycles. The smallest absolute Gasteiger partial charge is 0.336 e. The highest BCUT2D eigenvalue weighted by molar-refractivity contribution is 5.89. The third-order valence-electron chi connectivity index (χ3n) is 4.87. The van der Waals surface area contributed by atoms with Gasteiger partial charge in [0.1, 0.15) is 5.75 Å². The number of carbonyl (C=O) groups is 1. The first-order valence-electron chi connectivity index (χ1n) is 10.2. The maximum atomic E-state index is 11.2. The van der Waals surface area contributed by atoms with Crippen molar-refractivity contribution < 1.29 is 15.0 Å². The average Bonchev–Trinajstić information content (AvgIpc) is 2.60. The van der Waals surface area contributed by atoms with Gasteiger partial charge >= 0.3 is 5.97 Å². The number of phenolic OH excluding ortho intramolecular Hbond substituents is 1. The minimum absolute atomic E-state index is 0.0199. The molecule has 1 rings (SSSR count). The van der Waals surface area contributed by atoms with Crippen LogP contribution in [-0.2, 0) is 6.42 Å². The van der Waals surface area contributed by atoms with Crippen LogP contribution in [0.4, 0.5) is 0 Å². The van der Waals surface area contributed by atoms with Crippen molar-refractivity contribution in [2.75, 3.05) is 0 Å². The molecule has 142 valence electrons. The standard InChI is InChI=1S/C22H36O3/c1-2-3-4-5-6-7-8-9-10-11-12-13-14-15-19-16-17-20(23)18-21(19)22(24)25/h16-18,23H,2-15H2,1H3,(H,24,25). The molecule has 0 radical (unpaired) electrons. The number of hydrogen-bond donors (Lipinski definition) is 2. The molecule has 0 aliphatic rings. The molecule has 0 bridgehead atoms. The molecule has 3 nitrogen and oxygen atoms in total. The second kappa shape index (κ2) is 13.7. The van der Waals surface area contributed by atoms with Crippen LogP contribution in [-0.4, -0.2) is 16.2 Å². The molecule has 0 saturated heterocycles. The Hall–Kier alpha value is -1.51. The third kappa shape index (κ3) is 10.2. The van der Waals surface area contributed by atoms with Gasteiger partial charge in [-0.15, -0.1) is 0 Å². The van der Waals surface area contributed by atoms with Gasteiger partial charge in [-0.2, -0.15) is 0 Å². The molecule has 1 aromatic rings. The van der Waals surface area contributed by atoms with Gasteiger partial charge in [-0.3, -0.25) is 0 Å². The number of unbranched alkanes of at least 4 members (excludes halogenated alkanes) is 12. The van der Waals surface area contributed by atoms with E-state index in [1.165, 1.54) is 76.7 Å². The van der Waals surface area contributed by atoms with E-state index in [2.05, 4.69) is 6.92 Å². The highest BCUT2D eigenvalue weighted by Gasteiger charge is 2.10. The summed E-state index contributed by atoms with van der Waals surface area (Å²) >= 11 is 0. The lowest BCUT2D eigenvalue weighted by molar-refractivity contribution is 0.0695. The Bertz CT molecular complexity index is 482. The zero-order valence-electron chi connectivity index (χ0n) is 15.9. The van der Waals surface area contributed by atoms with E-state index in [-0.39, 0.29) is 11.3 Å². The molecule has 3 heteroatoms. The Morgan fingerprint density at radius 2 is 1.28 bits per heavy atom. The van der Waals surface area contributed by atoms with Gasteiger partial charge in [-0.1, -0.05) is 90.0 Å². The molecule has 1 aromatic carbocycles. The van der Waals surface area contributed by atoms with Crippen molar-refractivity contribution in [3.8, 4) is 5.75 Å². The molecule has 25 heavy (non-hydrogen) atoms. The van der Waals surface area contributed by atoms with Gasteiger partial charge in [0.15, 0.2) is 0 Å². The summed E-state index contributed by atoms with van der Waals surface area (Å²) in [6.45, 7) is 2.26. The second-order valence-corrected chi connectivity index (χ2v) is 7.14. The summed E-state index contributed by atoms with van der Waals surface area (Å²) in [5, 5.41) is 18.6. The summed E-state index contributed by atoms with van der Waals surface area (Å²) in [5.41, 5.74) is 1.06. The van der Waals surface area contributed by atoms with Gasteiger partial charge in [-0.25, -0.2) is 4.79 Å². The lowest BCUT2D eigenvalue weighted by atomic mass is 9.99. The number of carboxylic acids is 1. The second-order valence-electron chi connectivity index (χ2n) is 7.14. The molecule has 0 aliphatic heterocycles. The zero-order chi connectivity index (χ0) is 18.3. The van der Waals surface area contributed by atoms with Crippen molar-refractivity contribution in [2.24, 2.45) is 0 Å². The number of aromatic hydroxyl groups is 1. The number of carboxylic acid groups (broad SMARTS) is 1. The normalized spacial score (nSPS) is 10.9. The van der Waals surface area contributed by atoms with E-state index in [1.807, 2.05) is 0 Å². The van der Waals surface area contributed by atoms with E-state index in [0.717, 1.165) is 24.8 Å². The van der Waals surface area contributed by atoms with Gasteiger partial charge in [0.05, 0.1) is 5.56 Å². The first-order chi connectivity index (χ1) is 12.1. The molecular formula is C22H36O3. The fourth-order valence-electron chi connectivity index (χ4n) is 3.31. The quantitative estimate of drug-likeness (QED) is 0.346. The van der Waals surface area contributed by atoms with Crippen molar-refractivity contribution in [3.05, 3.63) is 29.3 Å². The Morgan fingerprint density at radius 1 is 0.800 bits per heavy atom. The van der Waals surface area contributed by atoms with Crippen molar-refractivity contribution in [2.45, 2.75) is 96.8 Å². The first-order valence-corrected chi connectivity index (χ1v) is 10.2. The fourth-order valence-corrected chi connectivity index (χ4v) is 3.31. The van der Waals surface area contributed by atoms with Gasteiger partial charge in [0.2, 0.25) is 0 Å². The van der Waals surface area contributed by atoms with Crippen molar-refractivity contribution in [1.82, 2.24) is 0 Å². The van der Waals surface area contributed by atoms with E-state index in [4.69, 9.17) is 0 Å². The zero-order valence-corrected chi connectivity index (χ0v) is 15.9. The van der Waals surface area contributed by atoms with Gasteiger partial charge in [0.25, 0.3) is 0 Å². The Kier molecular flexibility index (Phi) is 11.8. The van der Waals surface area contributed by atoms with Gasteiger partial charge < -0.3 is 10.2 Å². The predicted octanol–water partition coefficient (Wildman–Crippen LogP) is 6.72. The van der Waals surface area contributed by atoms with Crippen LogP contribution < -0.4 is 0 Å². The minimum atomic E-state index is -0.958. The summed E-state index contributed by atoms with van der Waals surface area (Å²) in [6.07, 6.45) is 17.8. The number of hydrogen-bond acceptors (Lipinski definition) is 2. The highest BCUT2D eigenvalue weighted by atomic mass is 16.4. The number of aromatic carboxylic acids is 1. The molecule has 2 N–H and O–H groups in total. The third-order valence-corrected chi connectivity index (χ3v) is 4.87. The summed E-state index contributed by atoms with van der Waals surface area (Å²) in [4.78, 5) is 11.2. The van der Waals surface area contributed by atoms with Crippen LogP contribution in [0.3, 0.4) is 0 Å². The maximum absolute atomic E-state index is 11.2. The largest absolute Gasteiger partial charge is 0.508 e. The Balaban J connectivity index is 2.00. The lowest BCUT2D eigenvalue weighted by Crippen LogP contribution is -2.02. The molecule has 0 amide bonds. The summed E-state index contributed by atoms with van der Waals surface area (Å²) < 4.78 is 0. The van der Waals surface area contributed by atoms with Crippen LogP contribution in [0.2, 0.25) is 0 Å². The number of rotatable bonds is 15. The Labute approximate surface area is 153 Å². The average molecular weight is 349 g/mol. The molecule has 0 atom stereocenters. The van der Waals surface area contributed by atoms with Gasteiger partial charge in [-0.05, 0) is 30.5 Å². The van der Waals surface area contributed by atoms with Crippen molar-refractivity contribution in [3.63, 3.8) is 0 Å².